The van der Waals surface area contributed by atoms with Crippen LogP contribution in [-0.2, 0) is 0 Å². The molecule has 4 aromatic rings. The zero-order chi connectivity index (χ0) is 19.4. The molecule has 29 heavy (non-hydrogen) atoms. The molecule has 1 aliphatic carbocycles. The minimum absolute atomic E-state index is 0.224. The predicted molar refractivity (Wildman–Crippen MR) is 105 cm³/mol. The monoisotopic (exact) mass is 390 g/mol. The van der Waals surface area contributed by atoms with Gasteiger partial charge in [0.15, 0.2) is 11.4 Å². The second kappa shape index (κ2) is 6.14. The standard InChI is InChI=1S/C22H19FN4O2/c23-15-5-3-4-14(12-15)20-24-25-21(28-20)17-13-22(17)8-10-27(11-9-22)19-16-6-1-2-7-18(16)29-26-19/h1-7,12,17H,8-11,13H2. The van der Waals surface area contributed by atoms with Crippen molar-refractivity contribution in [1.29, 1.82) is 0 Å². The zero-order valence-corrected chi connectivity index (χ0v) is 15.7. The molecule has 1 aliphatic heterocycles. The van der Waals surface area contributed by atoms with Crippen LogP contribution in [-0.4, -0.2) is 28.4 Å². The molecule has 7 heteroatoms. The molecule has 2 aromatic carbocycles. The molecule has 1 unspecified atom stereocenters. The van der Waals surface area contributed by atoms with Crippen molar-refractivity contribution >= 4 is 16.8 Å². The fourth-order valence-electron chi connectivity index (χ4n) is 4.63. The summed E-state index contributed by atoms with van der Waals surface area (Å²) in [6, 6.07) is 14.2. The first kappa shape index (κ1) is 16.7. The van der Waals surface area contributed by atoms with Crippen LogP contribution in [0.15, 0.2) is 57.5 Å². The quantitative estimate of drug-likeness (QED) is 0.501. The van der Waals surface area contributed by atoms with Crippen LogP contribution in [0.3, 0.4) is 0 Å². The summed E-state index contributed by atoms with van der Waals surface area (Å²) >= 11 is 0. The minimum Gasteiger partial charge on any atom is -0.420 e. The van der Waals surface area contributed by atoms with Crippen LogP contribution in [0.2, 0.25) is 0 Å². The van der Waals surface area contributed by atoms with E-state index >= 15 is 0 Å². The topological polar surface area (TPSA) is 68.2 Å². The van der Waals surface area contributed by atoms with Gasteiger partial charge < -0.3 is 13.8 Å². The average Bonchev–Trinajstić information content (AvgIpc) is 3.11. The van der Waals surface area contributed by atoms with Gasteiger partial charge in [0.1, 0.15) is 5.82 Å². The van der Waals surface area contributed by atoms with Crippen molar-refractivity contribution in [2.75, 3.05) is 18.0 Å². The number of fused-ring (bicyclic) bond motifs is 1. The van der Waals surface area contributed by atoms with Crippen molar-refractivity contribution in [3.63, 3.8) is 0 Å². The molecule has 1 atom stereocenters. The zero-order valence-electron chi connectivity index (χ0n) is 15.7. The van der Waals surface area contributed by atoms with E-state index in [0.29, 0.717) is 17.3 Å². The Balaban J connectivity index is 1.17. The highest BCUT2D eigenvalue weighted by atomic mass is 19.1. The fraction of sp³-hybridized carbons (Fsp3) is 0.318. The number of benzene rings is 2. The first-order chi connectivity index (χ1) is 14.2. The number of halogens is 1. The largest absolute Gasteiger partial charge is 0.420 e. The molecule has 146 valence electrons. The summed E-state index contributed by atoms with van der Waals surface area (Å²) in [6.07, 6.45) is 3.16. The summed E-state index contributed by atoms with van der Waals surface area (Å²) in [5.41, 5.74) is 1.66. The summed E-state index contributed by atoms with van der Waals surface area (Å²) in [5, 5.41) is 13.8. The van der Waals surface area contributed by atoms with E-state index in [2.05, 4.69) is 26.3 Å². The third-order valence-corrected chi connectivity index (χ3v) is 6.42. The normalized spacial score (nSPS) is 20.4. The first-order valence-electron chi connectivity index (χ1n) is 9.91. The Morgan fingerprint density at radius 2 is 1.90 bits per heavy atom. The molecule has 1 saturated carbocycles. The highest BCUT2D eigenvalue weighted by molar-refractivity contribution is 5.88. The molecule has 1 spiro atoms. The summed E-state index contributed by atoms with van der Waals surface area (Å²) in [7, 11) is 0. The number of anilines is 1. The molecular weight excluding hydrogens is 371 g/mol. The smallest absolute Gasteiger partial charge is 0.247 e. The number of hydrogen-bond donors (Lipinski definition) is 0. The molecule has 3 heterocycles. The van der Waals surface area contributed by atoms with Crippen LogP contribution in [0, 0.1) is 11.2 Å². The van der Waals surface area contributed by atoms with Crippen molar-refractivity contribution in [3.8, 4) is 11.5 Å². The van der Waals surface area contributed by atoms with E-state index in [4.69, 9.17) is 8.94 Å². The molecule has 0 N–H and O–H groups in total. The molecule has 6 rings (SSSR count). The van der Waals surface area contributed by atoms with Crippen LogP contribution < -0.4 is 4.90 Å². The Hall–Kier alpha value is -3.22. The second-order valence-corrected chi connectivity index (χ2v) is 8.06. The SMILES string of the molecule is Fc1cccc(-c2nnc(C3CC34CCN(c3noc5ccccc35)CC4)o2)c1. The predicted octanol–water partition coefficient (Wildman–Crippen LogP) is 4.79. The highest BCUT2D eigenvalue weighted by Gasteiger charge is 2.58. The second-order valence-electron chi connectivity index (χ2n) is 8.06. The van der Waals surface area contributed by atoms with Gasteiger partial charge in [-0.25, -0.2) is 4.39 Å². The van der Waals surface area contributed by atoms with E-state index in [-0.39, 0.29) is 17.2 Å². The van der Waals surface area contributed by atoms with Crippen molar-refractivity contribution < 1.29 is 13.3 Å². The molecule has 0 bridgehead atoms. The van der Waals surface area contributed by atoms with Crippen molar-refractivity contribution in [2.24, 2.45) is 5.41 Å². The van der Waals surface area contributed by atoms with Crippen LogP contribution in [0.25, 0.3) is 22.4 Å². The summed E-state index contributed by atoms with van der Waals surface area (Å²) < 4.78 is 24.8. The van der Waals surface area contributed by atoms with Gasteiger partial charge in [-0.15, -0.1) is 10.2 Å². The van der Waals surface area contributed by atoms with Crippen molar-refractivity contribution in [3.05, 3.63) is 60.2 Å². The average molecular weight is 390 g/mol. The maximum atomic E-state index is 13.5. The summed E-state index contributed by atoms with van der Waals surface area (Å²) in [6.45, 7) is 1.86. The Morgan fingerprint density at radius 1 is 1.03 bits per heavy atom. The van der Waals surface area contributed by atoms with Crippen LogP contribution in [0.5, 0.6) is 0 Å². The van der Waals surface area contributed by atoms with Gasteiger partial charge in [-0.2, -0.15) is 0 Å². The molecule has 1 saturated heterocycles. The Labute approximate surface area is 166 Å². The van der Waals surface area contributed by atoms with E-state index in [1.807, 2.05) is 18.2 Å². The third kappa shape index (κ3) is 2.72. The van der Waals surface area contributed by atoms with Crippen LogP contribution >= 0.6 is 0 Å². The van der Waals surface area contributed by atoms with E-state index in [9.17, 15) is 4.39 Å². The molecule has 2 aromatic heterocycles. The first-order valence-corrected chi connectivity index (χ1v) is 9.91. The molecule has 0 radical (unpaired) electrons. The van der Waals surface area contributed by atoms with Crippen LogP contribution in [0.1, 0.15) is 31.1 Å². The maximum absolute atomic E-state index is 13.5. The lowest BCUT2D eigenvalue weighted by Gasteiger charge is -2.32. The molecule has 2 aliphatic rings. The Morgan fingerprint density at radius 3 is 2.76 bits per heavy atom. The van der Waals surface area contributed by atoms with Gasteiger partial charge in [0.25, 0.3) is 0 Å². The van der Waals surface area contributed by atoms with Gasteiger partial charge in [0.2, 0.25) is 11.8 Å². The van der Waals surface area contributed by atoms with Gasteiger partial charge in [-0.1, -0.05) is 23.4 Å². The lowest BCUT2D eigenvalue weighted by Crippen LogP contribution is -2.35. The maximum Gasteiger partial charge on any atom is 0.247 e. The van der Waals surface area contributed by atoms with Gasteiger partial charge in [-0.3, -0.25) is 0 Å². The van der Waals surface area contributed by atoms with E-state index in [1.54, 1.807) is 12.1 Å². The van der Waals surface area contributed by atoms with E-state index < -0.39 is 0 Å². The number of rotatable bonds is 3. The van der Waals surface area contributed by atoms with Gasteiger partial charge >= 0.3 is 0 Å². The van der Waals surface area contributed by atoms with Gasteiger partial charge in [-0.05, 0) is 55.0 Å². The van der Waals surface area contributed by atoms with E-state index in [0.717, 1.165) is 49.1 Å². The number of para-hydroxylation sites is 1. The summed E-state index contributed by atoms with van der Waals surface area (Å²) in [4.78, 5) is 2.30. The highest BCUT2D eigenvalue weighted by Crippen LogP contribution is 2.64. The lowest BCUT2D eigenvalue weighted by molar-refractivity contribution is 0.349. The lowest BCUT2D eigenvalue weighted by atomic mass is 9.90. The number of piperidine rings is 1. The van der Waals surface area contributed by atoms with Gasteiger partial charge in [0, 0.05) is 24.6 Å². The molecule has 2 fully saturated rings. The fourth-order valence-corrected chi connectivity index (χ4v) is 4.63. The van der Waals surface area contributed by atoms with E-state index in [1.165, 1.54) is 12.1 Å². The van der Waals surface area contributed by atoms with Crippen molar-refractivity contribution in [1.82, 2.24) is 15.4 Å². The molecule has 6 nitrogen and oxygen atoms in total. The number of nitrogens with zero attached hydrogens (tertiary/aromatic N) is 4. The Bertz CT molecular complexity index is 1190. The Kier molecular flexibility index (Phi) is 3.54. The molecule has 0 amide bonds. The minimum atomic E-state index is -0.308. The summed E-state index contributed by atoms with van der Waals surface area (Å²) in [5.74, 6) is 1.96. The number of aromatic nitrogens is 3. The third-order valence-electron chi connectivity index (χ3n) is 6.42. The van der Waals surface area contributed by atoms with Crippen LogP contribution in [0.4, 0.5) is 10.2 Å². The van der Waals surface area contributed by atoms with Gasteiger partial charge in [0.05, 0.1) is 5.39 Å². The molecular formula is C22H19FN4O2. The van der Waals surface area contributed by atoms with Crippen molar-refractivity contribution in [2.45, 2.75) is 25.2 Å². The number of hydrogen-bond acceptors (Lipinski definition) is 6.